The van der Waals surface area contributed by atoms with Crippen LogP contribution in [0, 0.1) is 0 Å². The van der Waals surface area contributed by atoms with Gasteiger partial charge in [-0.2, -0.15) is 0 Å². The fourth-order valence-corrected chi connectivity index (χ4v) is 3.25. The second kappa shape index (κ2) is 8.36. The minimum atomic E-state index is -3.39. The van der Waals surface area contributed by atoms with Crippen molar-refractivity contribution in [1.82, 2.24) is 4.90 Å². The van der Waals surface area contributed by atoms with Gasteiger partial charge in [-0.25, -0.2) is 8.42 Å². The van der Waals surface area contributed by atoms with Crippen molar-refractivity contribution in [2.45, 2.75) is 18.2 Å². The van der Waals surface area contributed by atoms with E-state index in [2.05, 4.69) is 4.74 Å². The third kappa shape index (κ3) is 6.03. The summed E-state index contributed by atoms with van der Waals surface area (Å²) >= 11 is 5.75. The van der Waals surface area contributed by atoms with Crippen molar-refractivity contribution in [3.05, 3.63) is 29.3 Å². The Labute approximate surface area is 130 Å². The molecule has 0 spiro atoms. The monoisotopic (exact) mass is 333 g/mol. The van der Waals surface area contributed by atoms with E-state index in [1.165, 1.54) is 19.2 Å². The van der Waals surface area contributed by atoms with Gasteiger partial charge in [-0.1, -0.05) is 18.5 Å². The van der Waals surface area contributed by atoms with Crippen molar-refractivity contribution < 1.29 is 17.9 Å². The quantitative estimate of drug-likeness (QED) is 0.681. The molecule has 0 radical (unpaired) electrons. The van der Waals surface area contributed by atoms with Crippen molar-refractivity contribution in [2.24, 2.45) is 0 Å². The van der Waals surface area contributed by atoms with Crippen LogP contribution in [0.4, 0.5) is 0 Å². The molecule has 0 atom stereocenters. The summed E-state index contributed by atoms with van der Waals surface area (Å²) in [5.74, 6) is -0.418. The summed E-state index contributed by atoms with van der Waals surface area (Å²) in [7, 11) is -2.07. The fourth-order valence-electron chi connectivity index (χ4n) is 1.84. The Bertz CT molecular complexity index is 557. The van der Waals surface area contributed by atoms with Gasteiger partial charge in [-0.3, -0.25) is 9.69 Å². The molecule has 0 aliphatic heterocycles. The van der Waals surface area contributed by atoms with Gasteiger partial charge in [-0.05, 0) is 37.2 Å². The first-order valence-electron chi connectivity index (χ1n) is 6.66. The van der Waals surface area contributed by atoms with Gasteiger partial charge in [-0.15, -0.1) is 0 Å². The molecule has 0 aromatic heterocycles. The molecule has 0 amide bonds. The second-order valence-electron chi connectivity index (χ2n) is 4.63. The van der Waals surface area contributed by atoms with Crippen LogP contribution in [0.3, 0.4) is 0 Å². The normalized spacial score (nSPS) is 11.6. The van der Waals surface area contributed by atoms with Crippen LogP contribution in [-0.4, -0.2) is 51.8 Å². The second-order valence-corrected chi connectivity index (χ2v) is 7.17. The van der Waals surface area contributed by atoms with E-state index in [4.69, 9.17) is 11.6 Å². The maximum atomic E-state index is 12.2. The van der Waals surface area contributed by atoms with E-state index in [0.29, 0.717) is 11.6 Å². The maximum Gasteiger partial charge on any atom is 0.319 e. The molecule has 1 aromatic carbocycles. The molecule has 1 rings (SSSR count). The highest BCUT2D eigenvalue weighted by atomic mass is 35.5. The van der Waals surface area contributed by atoms with Crippen LogP contribution in [0.25, 0.3) is 0 Å². The molecule has 0 unspecified atom stereocenters. The number of esters is 1. The summed E-state index contributed by atoms with van der Waals surface area (Å²) in [5, 5.41) is 0.493. The Morgan fingerprint density at radius 1 is 1.24 bits per heavy atom. The molecule has 0 heterocycles. The van der Waals surface area contributed by atoms with E-state index in [9.17, 15) is 13.2 Å². The van der Waals surface area contributed by atoms with Crippen LogP contribution in [0.2, 0.25) is 5.02 Å². The summed E-state index contributed by atoms with van der Waals surface area (Å²) in [6, 6.07) is 6.07. The number of nitrogens with zero attached hydrogens (tertiary/aromatic N) is 1. The lowest BCUT2D eigenvalue weighted by Crippen LogP contribution is -2.35. The summed E-state index contributed by atoms with van der Waals surface area (Å²) < 4.78 is 29.1. The Morgan fingerprint density at radius 2 is 1.86 bits per heavy atom. The predicted molar refractivity (Wildman–Crippen MR) is 82.3 cm³/mol. The van der Waals surface area contributed by atoms with Gasteiger partial charge in [0.1, 0.15) is 0 Å². The van der Waals surface area contributed by atoms with Gasteiger partial charge in [0.25, 0.3) is 0 Å². The van der Waals surface area contributed by atoms with E-state index in [1.807, 2.05) is 6.92 Å². The van der Waals surface area contributed by atoms with Gasteiger partial charge < -0.3 is 4.74 Å². The Kier molecular flexibility index (Phi) is 7.14. The highest BCUT2D eigenvalue weighted by molar-refractivity contribution is 7.91. The molecule has 0 aliphatic carbocycles. The standard InChI is InChI=1S/C14H20ClNO4S/c1-3-8-16(11-14(17)20-2)9-10-21(18,19)13-6-4-12(15)5-7-13/h4-7H,3,8-11H2,1-2H3. The van der Waals surface area contributed by atoms with Gasteiger partial charge in [0.2, 0.25) is 0 Å². The topological polar surface area (TPSA) is 63.7 Å². The number of hydrogen-bond donors (Lipinski definition) is 0. The number of hydrogen-bond acceptors (Lipinski definition) is 5. The predicted octanol–water partition coefficient (Wildman–Crippen LogP) is 2.00. The molecule has 21 heavy (non-hydrogen) atoms. The summed E-state index contributed by atoms with van der Waals surface area (Å²) in [6.07, 6.45) is 0.831. The average molecular weight is 334 g/mol. The summed E-state index contributed by atoms with van der Waals surface area (Å²) in [6.45, 7) is 3.00. The average Bonchev–Trinajstić information content (AvgIpc) is 2.45. The lowest BCUT2D eigenvalue weighted by molar-refractivity contribution is -0.141. The number of rotatable bonds is 8. The Morgan fingerprint density at radius 3 is 2.38 bits per heavy atom. The molecular formula is C14H20ClNO4S. The molecule has 0 fully saturated rings. The number of sulfone groups is 1. The highest BCUT2D eigenvalue weighted by Gasteiger charge is 2.18. The first kappa shape index (κ1) is 17.9. The third-order valence-electron chi connectivity index (χ3n) is 2.97. The first-order valence-corrected chi connectivity index (χ1v) is 8.69. The first-order chi connectivity index (χ1) is 9.89. The Balaban J connectivity index is 2.69. The smallest absolute Gasteiger partial charge is 0.319 e. The van der Waals surface area contributed by atoms with E-state index in [1.54, 1.807) is 17.0 Å². The third-order valence-corrected chi connectivity index (χ3v) is 4.93. The van der Waals surface area contributed by atoms with Crippen molar-refractivity contribution in [1.29, 1.82) is 0 Å². The zero-order valence-electron chi connectivity index (χ0n) is 12.2. The minimum Gasteiger partial charge on any atom is -0.468 e. The van der Waals surface area contributed by atoms with Crippen LogP contribution >= 0.6 is 11.6 Å². The SMILES string of the molecule is CCCN(CCS(=O)(=O)c1ccc(Cl)cc1)CC(=O)OC. The number of carbonyl (C=O) groups excluding carboxylic acids is 1. The van der Waals surface area contributed by atoms with Gasteiger partial charge in [0.15, 0.2) is 9.84 Å². The van der Waals surface area contributed by atoms with Crippen molar-refractivity contribution in [3.63, 3.8) is 0 Å². The van der Waals surface area contributed by atoms with Crippen molar-refractivity contribution in [3.8, 4) is 0 Å². The lowest BCUT2D eigenvalue weighted by Gasteiger charge is -2.20. The zero-order valence-corrected chi connectivity index (χ0v) is 13.8. The van der Waals surface area contributed by atoms with Crippen LogP contribution in [0.5, 0.6) is 0 Å². The van der Waals surface area contributed by atoms with E-state index in [-0.39, 0.29) is 29.7 Å². The molecule has 1 aromatic rings. The lowest BCUT2D eigenvalue weighted by atomic mass is 10.4. The van der Waals surface area contributed by atoms with Crippen molar-refractivity contribution in [2.75, 3.05) is 32.5 Å². The molecule has 0 saturated carbocycles. The van der Waals surface area contributed by atoms with E-state index in [0.717, 1.165) is 6.42 Å². The van der Waals surface area contributed by atoms with Gasteiger partial charge in [0, 0.05) is 11.6 Å². The van der Waals surface area contributed by atoms with Crippen LogP contribution < -0.4 is 0 Å². The highest BCUT2D eigenvalue weighted by Crippen LogP contribution is 2.15. The summed E-state index contributed by atoms with van der Waals surface area (Å²) in [5.41, 5.74) is 0. The molecule has 7 heteroatoms. The molecular weight excluding hydrogens is 314 g/mol. The van der Waals surface area contributed by atoms with Crippen LogP contribution in [0.15, 0.2) is 29.2 Å². The molecule has 5 nitrogen and oxygen atoms in total. The fraction of sp³-hybridized carbons (Fsp3) is 0.500. The number of halogens is 1. The zero-order chi connectivity index (χ0) is 15.9. The van der Waals surface area contributed by atoms with Crippen LogP contribution in [0.1, 0.15) is 13.3 Å². The molecule has 0 N–H and O–H groups in total. The number of carbonyl (C=O) groups is 1. The molecule has 0 bridgehead atoms. The number of methoxy groups -OCH3 is 1. The molecule has 118 valence electrons. The molecule has 0 saturated heterocycles. The molecule has 0 aliphatic rings. The van der Waals surface area contributed by atoms with E-state index < -0.39 is 9.84 Å². The number of benzene rings is 1. The minimum absolute atomic E-state index is 0.0500. The van der Waals surface area contributed by atoms with Crippen LogP contribution in [-0.2, 0) is 19.4 Å². The number of ether oxygens (including phenoxy) is 1. The van der Waals surface area contributed by atoms with Gasteiger partial charge >= 0.3 is 5.97 Å². The maximum absolute atomic E-state index is 12.2. The van der Waals surface area contributed by atoms with Crippen molar-refractivity contribution >= 4 is 27.4 Å². The summed E-state index contributed by atoms with van der Waals surface area (Å²) in [4.78, 5) is 13.3. The van der Waals surface area contributed by atoms with E-state index >= 15 is 0 Å². The largest absolute Gasteiger partial charge is 0.468 e. The Hall–Kier alpha value is -1.11. The van der Waals surface area contributed by atoms with Gasteiger partial charge in [0.05, 0.1) is 24.3 Å².